The van der Waals surface area contributed by atoms with Crippen LogP contribution < -0.4 is 18.9 Å². The third-order valence-corrected chi connectivity index (χ3v) is 13.1. The van der Waals surface area contributed by atoms with Crippen LogP contribution in [0.2, 0.25) is 0 Å². The van der Waals surface area contributed by atoms with Gasteiger partial charge in [-0.25, -0.2) is 0 Å². The number of carbonyl (C=O) groups excluding carboxylic acids is 1. The van der Waals surface area contributed by atoms with Gasteiger partial charge in [-0.2, -0.15) is 0 Å². The van der Waals surface area contributed by atoms with Crippen molar-refractivity contribution in [1.82, 2.24) is 4.90 Å². The minimum Gasteiger partial charge on any atom is -0.493 e. The van der Waals surface area contributed by atoms with E-state index in [2.05, 4.69) is 37.8 Å². The number of hydrogen-bond acceptors (Lipinski definition) is 11. The number of unbranched alkanes of at least 4 members (excludes halogenated alkanes) is 2. The van der Waals surface area contributed by atoms with Gasteiger partial charge in [0.2, 0.25) is 12.6 Å². The van der Waals surface area contributed by atoms with Crippen molar-refractivity contribution >= 4 is 23.4 Å². The molecular formula is C50H64N2O9S. The zero-order valence-electron chi connectivity index (χ0n) is 36.8. The van der Waals surface area contributed by atoms with Gasteiger partial charge in [0.15, 0.2) is 11.5 Å². The number of oxime groups is 1. The average molecular weight is 869 g/mol. The minimum absolute atomic E-state index is 0.0972. The Balaban J connectivity index is 1.39. The van der Waals surface area contributed by atoms with Gasteiger partial charge in [0, 0.05) is 53.9 Å². The van der Waals surface area contributed by atoms with Gasteiger partial charge in [0.25, 0.3) is 5.91 Å². The number of rotatable bonds is 21. The van der Waals surface area contributed by atoms with Crippen molar-refractivity contribution in [2.75, 3.05) is 45.5 Å². The van der Waals surface area contributed by atoms with Gasteiger partial charge < -0.3 is 43.6 Å². The summed E-state index contributed by atoms with van der Waals surface area (Å²) in [6, 6.07) is 21.1. The number of nitrogens with zero attached hydrogens (tertiary/aromatic N) is 2. The van der Waals surface area contributed by atoms with Crippen molar-refractivity contribution in [3.8, 4) is 23.0 Å². The average Bonchev–Trinajstić information content (AvgIpc) is 3.75. The largest absolute Gasteiger partial charge is 0.493 e. The zero-order valence-corrected chi connectivity index (χ0v) is 37.6. The van der Waals surface area contributed by atoms with Crippen LogP contribution >= 0.6 is 11.8 Å². The predicted octanol–water partition coefficient (Wildman–Crippen LogP) is 9.57. The highest BCUT2D eigenvalue weighted by atomic mass is 32.2. The maximum Gasteiger partial charge on any atom is 0.254 e. The van der Waals surface area contributed by atoms with Crippen LogP contribution in [0.25, 0.3) is 0 Å². The number of carbonyl (C=O) groups is 1. The Labute approximate surface area is 371 Å². The maximum atomic E-state index is 15.1. The molecule has 12 heteroatoms. The van der Waals surface area contributed by atoms with E-state index in [4.69, 9.17) is 33.7 Å². The van der Waals surface area contributed by atoms with Gasteiger partial charge >= 0.3 is 0 Å². The molecule has 0 spiro atoms. The zero-order chi connectivity index (χ0) is 43.7. The van der Waals surface area contributed by atoms with E-state index >= 15 is 4.79 Å². The summed E-state index contributed by atoms with van der Waals surface area (Å²) in [6.07, 6.45) is 9.87. The van der Waals surface area contributed by atoms with Crippen LogP contribution in [0.1, 0.15) is 101 Å². The first kappa shape index (κ1) is 45.5. The number of aliphatic hydroxyl groups is 2. The lowest BCUT2D eigenvalue weighted by molar-refractivity contribution is -0.254. The molecule has 7 rings (SSSR count). The number of thioether (sulfide) groups is 1. The number of amides is 1. The summed E-state index contributed by atoms with van der Waals surface area (Å²) in [5.41, 5.74) is 2.67. The lowest BCUT2D eigenvalue weighted by Crippen LogP contribution is -2.70. The van der Waals surface area contributed by atoms with Crippen molar-refractivity contribution in [2.45, 2.75) is 107 Å². The van der Waals surface area contributed by atoms with Crippen LogP contribution in [0.5, 0.6) is 23.0 Å². The van der Waals surface area contributed by atoms with Crippen LogP contribution in [0.15, 0.2) is 101 Å². The van der Waals surface area contributed by atoms with Crippen molar-refractivity contribution in [3.63, 3.8) is 0 Å². The molecule has 0 aromatic heterocycles. The lowest BCUT2D eigenvalue weighted by Gasteiger charge is -2.60. The lowest BCUT2D eigenvalue weighted by atomic mass is 9.55. The molecule has 334 valence electrons. The summed E-state index contributed by atoms with van der Waals surface area (Å²) < 4.78 is 32.4. The monoisotopic (exact) mass is 868 g/mol. The second-order valence-corrected chi connectivity index (χ2v) is 18.7. The Bertz CT molecular complexity index is 2050. The Morgan fingerprint density at radius 3 is 2.48 bits per heavy atom. The Kier molecular flexibility index (Phi) is 15.3. The molecule has 2 N–H and O–H groups in total. The normalized spacial score (nSPS) is 24.1. The molecule has 2 aliphatic heterocycles. The Morgan fingerprint density at radius 1 is 0.984 bits per heavy atom. The number of hydrogen-bond donors (Lipinski definition) is 2. The third-order valence-electron chi connectivity index (χ3n) is 12.2. The number of fused-ring (bicyclic) bond motifs is 3. The van der Waals surface area contributed by atoms with E-state index in [-0.39, 0.29) is 50.3 Å². The van der Waals surface area contributed by atoms with Gasteiger partial charge in [0.05, 0.1) is 24.8 Å². The highest BCUT2D eigenvalue weighted by Gasteiger charge is 2.65. The van der Waals surface area contributed by atoms with Crippen LogP contribution in [-0.2, 0) is 9.57 Å². The summed E-state index contributed by atoms with van der Waals surface area (Å²) in [6.45, 7) is 13.5. The first-order chi connectivity index (χ1) is 30.1. The number of ether oxygens (including phenoxy) is 5. The fraction of sp³-hybridized carbons (Fsp3) is 0.520. The fourth-order valence-electron chi connectivity index (χ4n) is 9.60. The van der Waals surface area contributed by atoms with Crippen molar-refractivity contribution in [2.24, 2.45) is 22.9 Å². The van der Waals surface area contributed by atoms with Gasteiger partial charge in [-0.15, -0.1) is 18.3 Å². The fourth-order valence-corrected chi connectivity index (χ4v) is 10.4. The molecule has 0 unspecified atom stereocenters. The van der Waals surface area contributed by atoms with E-state index in [1.807, 2.05) is 56.0 Å². The standard InChI is InChI=1S/C50H64N2O9S/c1-6-23-52(48(55)35-19-21-43-44(30-35)58-33-57-43)45-32-41(51-61-49(3,4)5)39-29-34(15-11-13-24-53)38(18-12-14-25-54)46-40-31-36(56-27-28-62-37-16-9-8-10-17-37)20-22-42(40)60-50(45,47(39)46)59-26-7-2/h7-10,16-17,19-22,29-31,34,38,45-47,53-54H,2,6,11-15,18,23-28,32-33H2,1,3-5H3/t34-,38+,45-,46+,47+,50+/m0/s1. The quantitative estimate of drug-likeness (QED) is 0.0463. The van der Waals surface area contributed by atoms with Crippen LogP contribution in [-0.4, -0.2) is 89.7 Å². The van der Waals surface area contributed by atoms with Gasteiger partial charge in [-0.3, -0.25) is 4.79 Å². The number of benzene rings is 3. The number of aliphatic hydroxyl groups excluding tert-OH is 2. The smallest absolute Gasteiger partial charge is 0.254 e. The summed E-state index contributed by atoms with van der Waals surface area (Å²) >= 11 is 1.76. The van der Waals surface area contributed by atoms with Crippen molar-refractivity contribution in [1.29, 1.82) is 0 Å². The summed E-state index contributed by atoms with van der Waals surface area (Å²) in [5.74, 6) is 1.46. The Hall–Kier alpha value is -4.49. The van der Waals surface area contributed by atoms with E-state index in [1.165, 1.54) is 4.90 Å². The molecular weight excluding hydrogens is 805 g/mol. The predicted molar refractivity (Wildman–Crippen MR) is 242 cm³/mol. The highest BCUT2D eigenvalue weighted by molar-refractivity contribution is 7.99. The molecule has 1 saturated carbocycles. The summed E-state index contributed by atoms with van der Waals surface area (Å²) in [7, 11) is 0. The van der Waals surface area contributed by atoms with E-state index in [0.717, 1.165) is 54.0 Å². The summed E-state index contributed by atoms with van der Waals surface area (Å²) in [5, 5.41) is 24.9. The van der Waals surface area contributed by atoms with E-state index < -0.39 is 23.3 Å². The second-order valence-electron chi connectivity index (χ2n) is 17.6. The maximum absolute atomic E-state index is 15.1. The number of allylic oxidation sites excluding steroid dienone is 1. The summed E-state index contributed by atoms with van der Waals surface area (Å²) in [4.78, 5) is 24.5. The first-order valence-corrected chi connectivity index (χ1v) is 23.4. The minimum atomic E-state index is -1.36. The molecule has 0 radical (unpaired) electrons. The van der Waals surface area contributed by atoms with Gasteiger partial charge in [0.1, 0.15) is 23.1 Å². The van der Waals surface area contributed by atoms with Crippen LogP contribution in [0.3, 0.4) is 0 Å². The van der Waals surface area contributed by atoms with E-state index in [0.29, 0.717) is 61.6 Å². The van der Waals surface area contributed by atoms with Crippen molar-refractivity contribution < 1.29 is 43.5 Å². The molecule has 2 heterocycles. The molecule has 1 fully saturated rings. The topological polar surface area (TPSA) is 129 Å². The molecule has 3 aromatic rings. The second kappa shape index (κ2) is 20.8. The molecule has 6 atom stereocenters. The SMILES string of the molecule is C=CCO[C@@]12Oc3ccc(OCCSc4ccccc4)cc3[C@H]3[C@H](CCCCO)[C@@H](CCCCO)C=C(C(=NOC(C)(C)C)C[C@@H]1N(CCC)C(=O)c1ccc4c(c1)OCO4)[C@H]32. The molecule has 11 nitrogen and oxygen atoms in total. The Morgan fingerprint density at radius 2 is 1.74 bits per heavy atom. The van der Waals surface area contributed by atoms with E-state index in [1.54, 1.807) is 36.0 Å². The molecule has 4 aliphatic rings. The molecule has 62 heavy (non-hydrogen) atoms. The third kappa shape index (κ3) is 10.1. The highest BCUT2D eigenvalue weighted by Crippen LogP contribution is 2.62. The molecule has 3 aromatic carbocycles. The first-order valence-electron chi connectivity index (χ1n) is 22.4. The van der Waals surface area contributed by atoms with Crippen LogP contribution in [0.4, 0.5) is 0 Å². The van der Waals surface area contributed by atoms with Crippen molar-refractivity contribution in [3.05, 3.63) is 102 Å². The van der Waals surface area contributed by atoms with Gasteiger partial charge in [-0.1, -0.05) is 55.3 Å². The van der Waals surface area contributed by atoms with Gasteiger partial charge in [-0.05, 0) is 119 Å². The molecule has 1 amide bonds. The molecule has 0 bridgehead atoms. The molecule has 2 aliphatic carbocycles. The van der Waals surface area contributed by atoms with E-state index in [9.17, 15) is 10.2 Å². The molecule has 0 saturated heterocycles. The van der Waals surface area contributed by atoms with Crippen LogP contribution in [0, 0.1) is 17.8 Å².